The predicted octanol–water partition coefficient (Wildman–Crippen LogP) is 2.41. The Hall–Kier alpha value is -0.490. The van der Waals surface area contributed by atoms with Crippen molar-refractivity contribution in [3.63, 3.8) is 0 Å². The van der Waals surface area contributed by atoms with E-state index in [0.717, 1.165) is 3.57 Å². The van der Waals surface area contributed by atoms with Gasteiger partial charge in [0.25, 0.3) is 0 Å². The molecule has 0 fully saturated rings. The Morgan fingerprint density at radius 2 is 2.31 bits per heavy atom. The quantitative estimate of drug-likeness (QED) is 0.872. The van der Waals surface area contributed by atoms with E-state index in [1.165, 1.54) is 0 Å². The van der Waals surface area contributed by atoms with E-state index in [1.54, 1.807) is 18.2 Å². The van der Waals surface area contributed by atoms with E-state index in [2.05, 4.69) is 0 Å². The van der Waals surface area contributed by atoms with E-state index in [9.17, 15) is 4.79 Å². The number of rotatable bonds is 3. The van der Waals surface area contributed by atoms with Gasteiger partial charge < -0.3 is 9.84 Å². The van der Waals surface area contributed by atoms with Crippen LogP contribution in [0.25, 0.3) is 0 Å². The zero-order valence-corrected chi connectivity index (χ0v) is 9.37. The summed E-state index contributed by atoms with van der Waals surface area (Å²) in [6, 6.07) is 5.11. The lowest BCUT2D eigenvalue weighted by molar-refractivity contribution is -0.139. The average Bonchev–Trinajstić information content (AvgIpc) is 2.07. The number of carbonyl (C=O) groups is 1. The van der Waals surface area contributed by atoms with Crippen molar-refractivity contribution in [2.45, 2.75) is 0 Å². The SMILES string of the molecule is O=C(O)COc1cccc(Cl)c1I. The second-order valence-corrected chi connectivity index (χ2v) is 3.72. The van der Waals surface area contributed by atoms with Gasteiger partial charge in [-0.25, -0.2) is 4.79 Å². The zero-order valence-electron chi connectivity index (χ0n) is 6.46. The molecule has 0 aliphatic heterocycles. The molecule has 0 saturated carbocycles. The summed E-state index contributed by atoms with van der Waals surface area (Å²) in [4.78, 5) is 10.2. The predicted molar refractivity (Wildman–Crippen MR) is 57.3 cm³/mol. The molecular weight excluding hydrogens is 306 g/mol. The Kier molecular flexibility index (Phi) is 3.80. The number of hydrogen-bond acceptors (Lipinski definition) is 2. The van der Waals surface area contributed by atoms with Crippen molar-refractivity contribution in [3.8, 4) is 5.75 Å². The molecule has 0 bridgehead atoms. The van der Waals surface area contributed by atoms with Gasteiger partial charge in [-0.3, -0.25) is 0 Å². The van der Waals surface area contributed by atoms with E-state index < -0.39 is 5.97 Å². The summed E-state index contributed by atoms with van der Waals surface area (Å²) in [6.45, 7) is -0.351. The maximum absolute atomic E-state index is 10.2. The van der Waals surface area contributed by atoms with Crippen molar-refractivity contribution >= 4 is 40.2 Å². The van der Waals surface area contributed by atoms with Crippen LogP contribution >= 0.6 is 34.2 Å². The van der Waals surface area contributed by atoms with Crippen molar-refractivity contribution in [1.29, 1.82) is 0 Å². The van der Waals surface area contributed by atoms with Crippen LogP contribution in [0.3, 0.4) is 0 Å². The first-order valence-corrected chi connectivity index (χ1v) is 4.85. The molecule has 0 aliphatic rings. The van der Waals surface area contributed by atoms with Gasteiger partial charge in [-0.2, -0.15) is 0 Å². The highest BCUT2D eigenvalue weighted by atomic mass is 127. The van der Waals surface area contributed by atoms with Crippen LogP contribution in [0.4, 0.5) is 0 Å². The third-order valence-electron chi connectivity index (χ3n) is 1.27. The summed E-state index contributed by atoms with van der Waals surface area (Å²) >= 11 is 7.80. The molecule has 13 heavy (non-hydrogen) atoms. The van der Waals surface area contributed by atoms with Gasteiger partial charge in [0.1, 0.15) is 5.75 Å². The molecule has 0 atom stereocenters. The van der Waals surface area contributed by atoms with E-state index >= 15 is 0 Å². The number of aliphatic carboxylic acids is 1. The fourth-order valence-electron chi connectivity index (χ4n) is 0.735. The summed E-state index contributed by atoms with van der Waals surface area (Å²) in [5, 5.41) is 8.93. The highest BCUT2D eigenvalue weighted by molar-refractivity contribution is 14.1. The molecule has 1 aromatic carbocycles. The first-order chi connectivity index (χ1) is 6.11. The Bertz CT molecular complexity index is 327. The Morgan fingerprint density at radius 1 is 1.62 bits per heavy atom. The summed E-state index contributed by atoms with van der Waals surface area (Å²) in [5.41, 5.74) is 0. The second kappa shape index (κ2) is 4.66. The fourth-order valence-corrected chi connectivity index (χ4v) is 1.42. The van der Waals surface area contributed by atoms with Crippen molar-refractivity contribution in [3.05, 3.63) is 26.8 Å². The van der Waals surface area contributed by atoms with Gasteiger partial charge in [0.05, 0.1) is 8.59 Å². The number of benzene rings is 1. The van der Waals surface area contributed by atoms with Crippen LogP contribution in [0.15, 0.2) is 18.2 Å². The van der Waals surface area contributed by atoms with E-state index in [4.69, 9.17) is 21.4 Å². The van der Waals surface area contributed by atoms with Crippen molar-refractivity contribution in [1.82, 2.24) is 0 Å². The molecule has 5 heteroatoms. The van der Waals surface area contributed by atoms with Gasteiger partial charge in [0.15, 0.2) is 6.61 Å². The van der Waals surface area contributed by atoms with Gasteiger partial charge >= 0.3 is 5.97 Å². The van der Waals surface area contributed by atoms with Crippen molar-refractivity contribution in [2.75, 3.05) is 6.61 Å². The Labute approximate surface area is 93.8 Å². The van der Waals surface area contributed by atoms with Crippen LogP contribution < -0.4 is 4.74 Å². The maximum atomic E-state index is 10.2. The maximum Gasteiger partial charge on any atom is 0.341 e. The summed E-state index contributed by atoms with van der Waals surface area (Å²) in [6.07, 6.45) is 0. The molecule has 0 saturated heterocycles. The standard InChI is InChI=1S/C8H6ClIO3/c9-5-2-1-3-6(8(5)10)13-4-7(11)12/h1-3H,4H2,(H,11,12). The monoisotopic (exact) mass is 312 g/mol. The molecule has 0 aliphatic carbocycles. The summed E-state index contributed by atoms with van der Waals surface area (Å²) in [5.74, 6) is -0.508. The molecule has 1 aromatic rings. The van der Waals surface area contributed by atoms with Crippen molar-refractivity contribution < 1.29 is 14.6 Å². The first kappa shape index (κ1) is 10.6. The minimum absolute atomic E-state index is 0.351. The number of carboxylic acid groups (broad SMARTS) is 1. The summed E-state index contributed by atoms with van der Waals surface area (Å²) < 4.78 is 5.71. The molecule has 1 N–H and O–H groups in total. The van der Waals surface area contributed by atoms with Gasteiger partial charge in [-0.05, 0) is 34.7 Å². The van der Waals surface area contributed by atoms with E-state index in [-0.39, 0.29) is 6.61 Å². The van der Waals surface area contributed by atoms with Crippen LogP contribution in [0.1, 0.15) is 0 Å². The fraction of sp³-hybridized carbons (Fsp3) is 0.125. The third-order valence-corrected chi connectivity index (χ3v) is 3.01. The molecule has 0 amide bonds. The molecule has 0 spiro atoms. The topological polar surface area (TPSA) is 46.5 Å². The lowest BCUT2D eigenvalue weighted by Crippen LogP contribution is -2.10. The lowest BCUT2D eigenvalue weighted by Gasteiger charge is -2.05. The van der Waals surface area contributed by atoms with E-state index in [1.807, 2.05) is 22.6 Å². The largest absolute Gasteiger partial charge is 0.481 e. The van der Waals surface area contributed by atoms with Gasteiger partial charge in [0.2, 0.25) is 0 Å². The highest BCUT2D eigenvalue weighted by Crippen LogP contribution is 2.27. The average molecular weight is 312 g/mol. The van der Waals surface area contributed by atoms with Gasteiger partial charge in [-0.1, -0.05) is 17.7 Å². The van der Waals surface area contributed by atoms with Crippen molar-refractivity contribution in [2.24, 2.45) is 0 Å². The molecule has 0 radical (unpaired) electrons. The lowest BCUT2D eigenvalue weighted by atomic mass is 10.3. The van der Waals surface area contributed by atoms with Crippen LogP contribution in [0.5, 0.6) is 5.75 Å². The number of ether oxygens (including phenoxy) is 1. The molecule has 0 unspecified atom stereocenters. The first-order valence-electron chi connectivity index (χ1n) is 3.40. The second-order valence-electron chi connectivity index (χ2n) is 2.23. The molecule has 70 valence electrons. The minimum Gasteiger partial charge on any atom is -0.481 e. The third kappa shape index (κ3) is 3.04. The molecule has 0 aromatic heterocycles. The van der Waals surface area contributed by atoms with Crippen LogP contribution in [-0.2, 0) is 4.79 Å². The summed E-state index contributed by atoms with van der Waals surface area (Å²) in [7, 11) is 0. The van der Waals surface area contributed by atoms with Crippen LogP contribution in [-0.4, -0.2) is 17.7 Å². The zero-order chi connectivity index (χ0) is 9.84. The highest BCUT2D eigenvalue weighted by Gasteiger charge is 2.05. The molecule has 0 heterocycles. The van der Waals surface area contributed by atoms with Gasteiger partial charge in [-0.15, -0.1) is 0 Å². The number of halogens is 2. The van der Waals surface area contributed by atoms with Crippen LogP contribution in [0.2, 0.25) is 5.02 Å². The Balaban J connectivity index is 2.77. The molecular formula is C8H6ClIO3. The molecule has 1 rings (SSSR count). The number of carboxylic acids is 1. The van der Waals surface area contributed by atoms with E-state index in [0.29, 0.717) is 10.8 Å². The Morgan fingerprint density at radius 3 is 2.92 bits per heavy atom. The minimum atomic E-state index is -1.00. The van der Waals surface area contributed by atoms with Gasteiger partial charge in [0, 0.05) is 0 Å². The molecule has 3 nitrogen and oxygen atoms in total. The smallest absolute Gasteiger partial charge is 0.341 e. The number of hydrogen-bond donors (Lipinski definition) is 1. The van der Waals surface area contributed by atoms with Crippen LogP contribution in [0, 0.1) is 3.57 Å². The normalized spacial score (nSPS) is 9.69.